The summed E-state index contributed by atoms with van der Waals surface area (Å²) >= 11 is 0. The predicted molar refractivity (Wildman–Crippen MR) is 93.2 cm³/mol. The number of para-hydroxylation sites is 1. The molecule has 0 spiro atoms. The topological polar surface area (TPSA) is 45.0 Å². The van der Waals surface area contributed by atoms with Gasteiger partial charge in [-0.1, -0.05) is 60.7 Å². The second-order valence-corrected chi connectivity index (χ2v) is 5.34. The molecule has 0 aliphatic heterocycles. The van der Waals surface area contributed by atoms with Crippen LogP contribution in [-0.2, 0) is 0 Å². The van der Waals surface area contributed by atoms with E-state index >= 15 is 0 Å². The Kier molecular flexibility index (Phi) is 3.24. The molecule has 0 aromatic heterocycles. The van der Waals surface area contributed by atoms with Crippen LogP contribution < -0.4 is 0 Å². The molecular weight excluding hydrogens is 284 g/mol. The number of hydrogen-bond donors (Lipinski definition) is 1. The third kappa shape index (κ3) is 2.32. The van der Waals surface area contributed by atoms with Gasteiger partial charge in [0.15, 0.2) is 0 Å². The third-order valence-electron chi connectivity index (χ3n) is 3.95. The Hall–Kier alpha value is -3.20. The minimum atomic E-state index is 0.198. The van der Waals surface area contributed by atoms with Crippen LogP contribution in [0.3, 0.4) is 0 Å². The molecule has 23 heavy (non-hydrogen) atoms. The zero-order chi connectivity index (χ0) is 15.6. The van der Waals surface area contributed by atoms with E-state index in [2.05, 4.69) is 34.5 Å². The first-order valence-corrected chi connectivity index (χ1v) is 7.43. The molecule has 0 saturated carbocycles. The van der Waals surface area contributed by atoms with Crippen molar-refractivity contribution < 1.29 is 5.11 Å². The van der Waals surface area contributed by atoms with E-state index in [1.54, 1.807) is 24.4 Å². The van der Waals surface area contributed by atoms with Crippen LogP contribution in [-0.4, -0.2) is 17.0 Å². The monoisotopic (exact) mass is 298 g/mol. The van der Waals surface area contributed by atoms with Crippen LogP contribution >= 0.6 is 0 Å². The van der Waals surface area contributed by atoms with Crippen molar-refractivity contribution in [2.75, 3.05) is 0 Å². The molecule has 0 bridgehead atoms. The largest absolute Gasteiger partial charge is 0.507 e. The minimum Gasteiger partial charge on any atom is -0.507 e. The molecule has 1 N–H and O–H groups in total. The second kappa shape index (κ2) is 5.54. The van der Waals surface area contributed by atoms with E-state index < -0.39 is 0 Å². The van der Waals surface area contributed by atoms with E-state index in [9.17, 15) is 5.11 Å². The first-order valence-electron chi connectivity index (χ1n) is 7.43. The van der Waals surface area contributed by atoms with Crippen LogP contribution in [0.4, 0.5) is 0 Å². The summed E-state index contributed by atoms with van der Waals surface area (Å²) in [6, 6.07) is 23.5. The third-order valence-corrected chi connectivity index (χ3v) is 3.95. The number of rotatable bonds is 2. The number of fused-ring (bicyclic) bond motifs is 3. The van der Waals surface area contributed by atoms with Crippen molar-refractivity contribution in [3.8, 4) is 16.9 Å². The average molecular weight is 298 g/mol. The highest BCUT2D eigenvalue weighted by molar-refractivity contribution is 6.24. The van der Waals surface area contributed by atoms with Gasteiger partial charge in [-0.25, -0.2) is 0 Å². The Morgan fingerprint density at radius 3 is 1.78 bits per heavy atom. The normalized spacial score (nSPS) is 12.3. The van der Waals surface area contributed by atoms with Crippen LogP contribution in [0, 0.1) is 0 Å². The standard InChI is InChI=1S/C20H14N2O/c23-19-12-6-1-7-14(19)13-21-22-20-17-10-4-2-8-15(17)16-9-3-5-11-18(16)20/h1-13,23H/b21-13+. The van der Waals surface area contributed by atoms with E-state index in [0.717, 1.165) is 16.8 Å². The number of benzene rings is 3. The Morgan fingerprint density at radius 2 is 1.17 bits per heavy atom. The van der Waals surface area contributed by atoms with Crippen molar-refractivity contribution >= 4 is 11.9 Å². The van der Waals surface area contributed by atoms with Crippen LogP contribution in [0.25, 0.3) is 11.1 Å². The maximum absolute atomic E-state index is 9.78. The Balaban J connectivity index is 1.78. The van der Waals surface area contributed by atoms with Gasteiger partial charge in [-0.2, -0.15) is 5.10 Å². The molecule has 1 aliphatic carbocycles. The number of nitrogens with zero attached hydrogens (tertiary/aromatic N) is 2. The zero-order valence-corrected chi connectivity index (χ0v) is 12.3. The smallest absolute Gasteiger partial charge is 0.124 e. The Bertz CT molecular complexity index is 894. The molecule has 1 aliphatic rings. The Labute approximate surface area is 134 Å². The van der Waals surface area contributed by atoms with Gasteiger partial charge in [0.25, 0.3) is 0 Å². The van der Waals surface area contributed by atoms with Crippen molar-refractivity contribution in [2.24, 2.45) is 10.2 Å². The van der Waals surface area contributed by atoms with Crippen molar-refractivity contribution in [3.05, 3.63) is 89.5 Å². The first-order chi connectivity index (χ1) is 11.3. The van der Waals surface area contributed by atoms with Crippen molar-refractivity contribution in [3.63, 3.8) is 0 Å². The van der Waals surface area contributed by atoms with Gasteiger partial charge in [-0.3, -0.25) is 0 Å². The molecule has 110 valence electrons. The Morgan fingerprint density at radius 1 is 0.652 bits per heavy atom. The van der Waals surface area contributed by atoms with E-state index in [-0.39, 0.29) is 5.75 Å². The molecule has 3 aromatic rings. The fraction of sp³-hybridized carbons (Fsp3) is 0. The molecule has 0 amide bonds. The van der Waals surface area contributed by atoms with Crippen molar-refractivity contribution in [1.82, 2.24) is 0 Å². The highest BCUT2D eigenvalue weighted by Gasteiger charge is 2.23. The molecule has 3 nitrogen and oxygen atoms in total. The molecular formula is C20H14N2O. The van der Waals surface area contributed by atoms with Gasteiger partial charge in [0.2, 0.25) is 0 Å². The SMILES string of the molecule is Oc1ccccc1/C=N/N=C1c2ccccc2-c2ccccc21. The minimum absolute atomic E-state index is 0.198. The molecule has 0 unspecified atom stereocenters. The van der Waals surface area contributed by atoms with Crippen LogP contribution in [0.1, 0.15) is 16.7 Å². The molecule has 0 heterocycles. The summed E-state index contributed by atoms with van der Waals surface area (Å²) in [6.45, 7) is 0. The number of phenolic OH excluding ortho intramolecular Hbond substituents is 1. The summed E-state index contributed by atoms with van der Waals surface area (Å²) in [5.74, 6) is 0.198. The van der Waals surface area contributed by atoms with Crippen LogP contribution in [0.2, 0.25) is 0 Å². The van der Waals surface area contributed by atoms with Crippen molar-refractivity contribution in [1.29, 1.82) is 0 Å². The number of hydrogen-bond acceptors (Lipinski definition) is 3. The van der Waals surface area contributed by atoms with Crippen molar-refractivity contribution in [2.45, 2.75) is 0 Å². The zero-order valence-electron chi connectivity index (χ0n) is 12.3. The van der Waals surface area contributed by atoms with Crippen LogP contribution in [0.15, 0.2) is 83.0 Å². The quantitative estimate of drug-likeness (QED) is 0.436. The molecule has 0 atom stereocenters. The van der Waals surface area contributed by atoms with E-state index in [4.69, 9.17) is 0 Å². The summed E-state index contributed by atoms with van der Waals surface area (Å²) in [6.07, 6.45) is 1.58. The summed E-state index contributed by atoms with van der Waals surface area (Å²) in [7, 11) is 0. The molecule has 0 saturated heterocycles. The van der Waals surface area contributed by atoms with Gasteiger partial charge in [-0.15, -0.1) is 5.10 Å². The van der Waals surface area contributed by atoms with Gasteiger partial charge in [0.1, 0.15) is 11.5 Å². The van der Waals surface area contributed by atoms with Gasteiger partial charge in [-0.05, 0) is 23.3 Å². The van der Waals surface area contributed by atoms with E-state index in [1.165, 1.54) is 11.1 Å². The molecule has 3 heteroatoms. The highest BCUT2D eigenvalue weighted by atomic mass is 16.3. The lowest BCUT2D eigenvalue weighted by Crippen LogP contribution is -1.97. The lowest BCUT2D eigenvalue weighted by molar-refractivity contribution is 0.474. The number of aromatic hydroxyl groups is 1. The summed E-state index contributed by atoms with van der Waals surface area (Å²) in [5.41, 5.74) is 6.05. The second-order valence-electron chi connectivity index (χ2n) is 5.34. The summed E-state index contributed by atoms with van der Waals surface area (Å²) < 4.78 is 0. The van der Waals surface area contributed by atoms with Gasteiger partial charge in [0, 0.05) is 16.7 Å². The van der Waals surface area contributed by atoms with E-state index in [1.807, 2.05) is 30.3 Å². The summed E-state index contributed by atoms with van der Waals surface area (Å²) in [4.78, 5) is 0. The summed E-state index contributed by atoms with van der Waals surface area (Å²) in [5, 5.41) is 18.4. The van der Waals surface area contributed by atoms with Gasteiger partial charge >= 0.3 is 0 Å². The lowest BCUT2D eigenvalue weighted by Gasteiger charge is -1.99. The highest BCUT2D eigenvalue weighted by Crippen LogP contribution is 2.36. The van der Waals surface area contributed by atoms with Gasteiger partial charge < -0.3 is 5.11 Å². The fourth-order valence-electron chi connectivity index (χ4n) is 2.85. The molecule has 0 radical (unpaired) electrons. The number of phenols is 1. The predicted octanol–water partition coefficient (Wildman–Crippen LogP) is 4.24. The average Bonchev–Trinajstić information content (AvgIpc) is 2.91. The maximum atomic E-state index is 9.78. The fourth-order valence-corrected chi connectivity index (χ4v) is 2.85. The lowest BCUT2D eigenvalue weighted by atomic mass is 10.1. The van der Waals surface area contributed by atoms with E-state index in [0.29, 0.717) is 5.56 Å². The maximum Gasteiger partial charge on any atom is 0.124 e. The molecule has 0 fully saturated rings. The molecule has 3 aromatic carbocycles. The van der Waals surface area contributed by atoms with Crippen LogP contribution in [0.5, 0.6) is 5.75 Å². The molecule has 4 rings (SSSR count). The van der Waals surface area contributed by atoms with Gasteiger partial charge in [0.05, 0.1) is 6.21 Å². The first kappa shape index (κ1) is 13.5.